The molecule has 1 saturated heterocycles. The number of hydrogen-bond donors (Lipinski definition) is 1. The van der Waals surface area contributed by atoms with Crippen LogP contribution in [0.4, 0.5) is 0 Å². The Morgan fingerprint density at radius 1 is 1.30 bits per heavy atom. The Hall–Kier alpha value is -1.60. The maximum absolute atomic E-state index is 13.3. The van der Waals surface area contributed by atoms with E-state index in [1.165, 1.54) is 11.4 Å². The lowest BCUT2D eigenvalue weighted by Gasteiger charge is -2.31. The van der Waals surface area contributed by atoms with E-state index < -0.39 is 10.0 Å². The molecular formula is C20H32N2O4S. The number of hydrogen-bond acceptors (Lipinski definition) is 4. The maximum atomic E-state index is 13.3. The molecule has 0 spiro atoms. The summed E-state index contributed by atoms with van der Waals surface area (Å²) in [6.07, 6.45) is 1.38. The Bertz CT molecular complexity index is 759. The van der Waals surface area contributed by atoms with Gasteiger partial charge in [0.05, 0.1) is 13.0 Å². The predicted octanol–water partition coefficient (Wildman–Crippen LogP) is 2.99. The maximum Gasteiger partial charge on any atom is 0.246 e. The first-order valence-electron chi connectivity index (χ1n) is 9.62. The van der Waals surface area contributed by atoms with E-state index in [0.29, 0.717) is 37.6 Å². The first-order valence-corrected chi connectivity index (χ1v) is 11.1. The Morgan fingerprint density at radius 3 is 2.59 bits per heavy atom. The number of piperidine rings is 1. The number of benzene rings is 1. The van der Waals surface area contributed by atoms with Crippen LogP contribution in [0.25, 0.3) is 0 Å². The molecule has 1 aliphatic rings. The van der Waals surface area contributed by atoms with Crippen molar-refractivity contribution in [2.75, 3.05) is 26.7 Å². The minimum Gasteiger partial charge on any atom is -0.495 e. The highest BCUT2D eigenvalue weighted by Gasteiger charge is 2.35. The highest BCUT2D eigenvalue weighted by atomic mass is 32.2. The van der Waals surface area contributed by atoms with Crippen molar-refractivity contribution in [3.63, 3.8) is 0 Å². The zero-order valence-corrected chi connectivity index (χ0v) is 17.8. The minimum absolute atomic E-state index is 0.0634. The highest BCUT2D eigenvalue weighted by Crippen LogP contribution is 2.32. The number of carbonyl (C=O) groups is 1. The number of amides is 1. The molecule has 0 aromatic heterocycles. The second kappa shape index (κ2) is 9.06. The molecule has 0 unspecified atom stereocenters. The number of nitrogens with zero attached hydrogens (tertiary/aromatic N) is 1. The van der Waals surface area contributed by atoms with Gasteiger partial charge in [-0.1, -0.05) is 33.8 Å². The van der Waals surface area contributed by atoms with E-state index in [-0.39, 0.29) is 29.2 Å². The summed E-state index contributed by atoms with van der Waals surface area (Å²) < 4.78 is 33.3. The van der Waals surface area contributed by atoms with Gasteiger partial charge >= 0.3 is 0 Å². The van der Waals surface area contributed by atoms with Crippen molar-refractivity contribution < 1.29 is 17.9 Å². The molecule has 1 aromatic rings. The molecular weight excluding hydrogens is 364 g/mol. The smallest absolute Gasteiger partial charge is 0.246 e. The van der Waals surface area contributed by atoms with Crippen molar-refractivity contribution in [1.29, 1.82) is 0 Å². The lowest BCUT2D eigenvalue weighted by Crippen LogP contribution is -2.46. The molecule has 2 rings (SSSR count). The van der Waals surface area contributed by atoms with E-state index in [9.17, 15) is 13.2 Å². The predicted molar refractivity (Wildman–Crippen MR) is 106 cm³/mol. The van der Waals surface area contributed by atoms with Crippen molar-refractivity contribution in [2.24, 2.45) is 11.8 Å². The fourth-order valence-corrected chi connectivity index (χ4v) is 4.93. The van der Waals surface area contributed by atoms with Crippen LogP contribution in [0, 0.1) is 11.8 Å². The molecule has 1 aliphatic heterocycles. The van der Waals surface area contributed by atoms with Crippen LogP contribution in [0.3, 0.4) is 0 Å². The summed E-state index contributed by atoms with van der Waals surface area (Å²) >= 11 is 0. The van der Waals surface area contributed by atoms with E-state index in [0.717, 1.165) is 5.56 Å². The molecule has 0 aliphatic carbocycles. The first kappa shape index (κ1) is 21.7. The number of rotatable bonds is 7. The summed E-state index contributed by atoms with van der Waals surface area (Å²) in [5, 5.41) is 2.93. The largest absolute Gasteiger partial charge is 0.495 e. The van der Waals surface area contributed by atoms with Crippen molar-refractivity contribution in [3.8, 4) is 5.75 Å². The van der Waals surface area contributed by atoms with Crippen LogP contribution in [0.2, 0.25) is 0 Å². The van der Waals surface area contributed by atoms with Crippen LogP contribution in [-0.4, -0.2) is 45.4 Å². The van der Waals surface area contributed by atoms with Crippen LogP contribution >= 0.6 is 0 Å². The van der Waals surface area contributed by atoms with Crippen LogP contribution in [-0.2, 0) is 14.8 Å². The van der Waals surface area contributed by atoms with Crippen LogP contribution in [0.5, 0.6) is 5.75 Å². The second-order valence-electron chi connectivity index (χ2n) is 7.91. The molecule has 27 heavy (non-hydrogen) atoms. The molecule has 6 nitrogen and oxygen atoms in total. The number of sulfonamides is 1. The topological polar surface area (TPSA) is 75.7 Å². The lowest BCUT2D eigenvalue weighted by atomic mass is 9.98. The van der Waals surface area contributed by atoms with Gasteiger partial charge in [-0.05, 0) is 42.4 Å². The summed E-state index contributed by atoms with van der Waals surface area (Å²) in [6.45, 7) is 9.35. The van der Waals surface area contributed by atoms with E-state index in [1.807, 2.05) is 33.8 Å². The summed E-state index contributed by atoms with van der Waals surface area (Å²) in [7, 11) is -2.26. The van der Waals surface area contributed by atoms with Crippen LogP contribution in [0.1, 0.15) is 52.0 Å². The third kappa shape index (κ3) is 5.23. The van der Waals surface area contributed by atoms with E-state index in [2.05, 4.69) is 5.32 Å². The third-order valence-electron chi connectivity index (χ3n) is 4.91. The molecule has 1 fully saturated rings. The average molecular weight is 397 g/mol. The molecule has 0 bridgehead atoms. The Kier molecular flexibility index (Phi) is 7.28. The fraction of sp³-hybridized carbons (Fsp3) is 0.650. The van der Waals surface area contributed by atoms with Gasteiger partial charge in [-0.3, -0.25) is 4.79 Å². The Labute approximate surface area is 163 Å². The van der Waals surface area contributed by atoms with Crippen molar-refractivity contribution in [1.82, 2.24) is 9.62 Å². The first-order chi connectivity index (χ1) is 12.7. The Balaban J connectivity index is 2.25. The molecule has 7 heteroatoms. The third-order valence-corrected chi connectivity index (χ3v) is 6.80. The molecule has 1 heterocycles. The van der Waals surface area contributed by atoms with Crippen LogP contribution in [0.15, 0.2) is 23.1 Å². The van der Waals surface area contributed by atoms with Gasteiger partial charge in [0.15, 0.2) is 0 Å². The number of ether oxygens (including phenoxy) is 1. The van der Waals surface area contributed by atoms with Gasteiger partial charge in [0.2, 0.25) is 15.9 Å². The average Bonchev–Trinajstić information content (AvgIpc) is 2.65. The number of carbonyl (C=O) groups excluding carboxylic acids is 1. The Morgan fingerprint density at radius 2 is 2.00 bits per heavy atom. The van der Waals surface area contributed by atoms with Gasteiger partial charge < -0.3 is 10.1 Å². The second-order valence-corrected chi connectivity index (χ2v) is 9.81. The van der Waals surface area contributed by atoms with Gasteiger partial charge in [-0.25, -0.2) is 8.42 Å². The van der Waals surface area contributed by atoms with E-state index in [1.54, 1.807) is 12.1 Å². The zero-order valence-electron chi connectivity index (χ0n) is 17.0. The molecule has 1 aromatic carbocycles. The highest BCUT2D eigenvalue weighted by molar-refractivity contribution is 7.89. The van der Waals surface area contributed by atoms with Gasteiger partial charge in [0, 0.05) is 19.6 Å². The number of nitrogens with one attached hydrogen (secondary N) is 1. The fourth-order valence-electron chi connectivity index (χ4n) is 3.22. The molecule has 0 saturated carbocycles. The molecule has 0 radical (unpaired) electrons. The van der Waals surface area contributed by atoms with Gasteiger partial charge in [0.1, 0.15) is 10.6 Å². The molecule has 1 N–H and O–H groups in total. The van der Waals surface area contributed by atoms with E-state index >= 15 is 0 Å². The van der Waals surface area contributed by atoms with Crippen molar-refractivity contribution >= 4 is 15.9 Å². The van der Waals surface area contributed by atoms with Crippen molar-refractivity contribution in [3.05, 3.63) is 23.8 Å². The van der Waals surface area contributed by atoms with E-state index in [4.69, 9.17) is 4.74 Å². The summed E-state index contributed by atoms with van der Waals surface area (Å²) in [6, 6.07) is 5.29. The summed E-state index contributed by atoms with van der Waals surface area (Å²) in [5.74, 6) is 0.532. The van der Waals surface area contributed by atoms with Gasteiger partial charge in [-0.15, -0.1) is 0 Å². The summed E-state index contributed by atoms with van der Waals surface area (Å²) in [5.41, 5.74) is 0.942. The zero-order chi connectivity index (χ0) is 20.2. The van der Waals surface area contributed by atoms with Gasteiger partial charge in [-0.2, -0.15) is 4.31 Å². The summed E-state index contributed by atoms with van der Waals surface area (Å²) in [4.78, 5) is 12.6. The lowest BCUT2D eigenvalue weighted by molar-refractivity contribution is -0.126. The van der Waals surface area contributed by atoms with Crippen molar-refractivity contribution in [2.45, 2.75) is 51.3 Å². The molecule has 1 amide bonds. The monoisotopic (exact) mass is 396 g/mol. The van der Waals surface area contributed by atoms with Crippen LogP contribution < -0.4 is 10.1 Å². The quantitative estimate of drug-likeness (QED) is 0.769. The minimum atomic E-state index is -3.73. The molecule has 1 atom stereocenters. The standard InChI is InChI=1S/C20H32N2O4S/c1-14(2)12-21-20(23)17-7-6-10-22(13-17)27(24,25)19-11-16(15(3)4)8-9-18(19)26-5/h8-9,11,14-15,17H,6-7,10,12-13H2,1-5H3,(H,21,23)/t17-/m1/s1. The number of methoxy groups -OCH3 is 1. The van der Waals surface area contributed by atoms with Gasteiger partial charge in [0.25, 0.3) is 0 Å². The SMILES string of the molecule is COc1ccc(C(C)C)cc1S(=O)(=O)N1CCC[C@@H](C(=O)NCC(C)C)C1. The normalized spacial score (nSPS) is 18.7. The molecule has 152 valence electrons.